The molecule has 4 heteroatoms. The van der Waals surface area contributed by atoms with Crippen LogP contribution in [-0.2, 0) is 4.79 Å². The van der Waals surface area contributed by atoms with Crippen molar-refractivity contribution in [3.8, 4) is 0 Å². The lowest BCUT2D eigenvalue weighted by Gasteiger charge is -1.94. The van der Waals surface area contributed by atoms with E-state index in [0.717, 1.165) is 0 Å². The summed E-state index contributed by atoms with van der Waals surface area (Å²) in [4.78, 5) is 10.6. The third kappa shape index (κ3) is 1.11. The average molecular weight is 149 g/mol. The van der Waals surface area contributed by atoms with Gasteiger partial charge in [0, 0.05) is 0 Å². The van der Waals surface area contributed by atoms with Gasteiger partial charge in [0.2, 0.25) is 5.91 Å². The van der Waals surface area contributed by atoms with Gasteiger partial charge in [-0.25, -0.2) is 0 Å². The van der Waals surface area contributed by atoms with Crippen molar-refractivity contribution in [3.05, 3.63) is 0 Å². The highest BCUT2D eigenvalue weighted by Gasteiger charge is 2.25. The van der Waals surface area contributed by atoms with Gasteiger partial charge in [0.15, 0.2) is 0 Å². The molecular formula is C4H7NOS2. The van der Waals surface area contributed by atoms with Gasteiger partial charge in [0.1, 0.15) is 4.71 Å². The Morgan fingerprint density at radius 3 is 2.62 bits per heavy atom. The Kier molecular flexibility index (Phi) is 1.72. The van der Waals surface area contributed by atoms with Crippen molar-refractivity contribution in [2.45, 2.75) is 16.9 Å². The Morgan fingerprint density at radius 1 is 1.88 bits per heavy atom. The van der Waals surface area contributed by atoms with Crippen molar-refractivity contribution in [1.82, 2.24) is 5.32 Å². The Labute approximate surface area is 57.8 Å². The number of nitrogens with one attached hydrogen (secondary N) is 1. The van der Waals surface area contributed by atoms with Crippen LogP contribution in [0.2, 0.25) is 0 Å². The molecule has 0 radical (unpaired) electrons. The second-order valence-electron chi connectivity index (χ2n) is 1.64. The fourth-order valence-corrected chi connectivity index (χ4v) is 1.97. The number of hydrogen-bond donors (Lipinski definition) is 2. The van der Waals surface area contributed by atoms with Crippen LogP contribution in [0.4, 0.5) is 0 Å². The molecule has 1 heterocycles. The van der Waals surface area contributed by atoms with E-state index in [2.05, 4.69) is 17.9 Å². The minimum atomic E-state index is 0.0116. The summed E-state index contributed by atoms with van der Waals surface area (Å²) in [5.41, 5.74) is 0. The third-order valence-corrected chi connectivity index (χ3v) is 2.46. The lowest BCUT2D eigenvalue weighted by molar-refractivity contribution is -0.119. The molecule has 1 aliphatic heterocycles. The standard InChI is InChI=1S/C4H7NOS2/c1-2-3(6)5-4(7)8-2/h2,4,7H,1H3,(H,5,6). The van der Waals surface area contributed by atoms with Gasteiger partial charge in [-0.3, -0.25) is 4.79 Å². The Hall–Kier alpha value is 0.170. The van der Waals surface area contributed by atoms with E-state index in [4.69, 9.17) is 0 Å². The zero-order valence-corrected chi connectivity index (χ0v) is 6.13. The van der Waals surface area contributed by atoms with E-state index in [9.17, 15) is 4.79 Å². The van der Waals surface area contributed by atoms with Crippen LogP contribution >= 0.6 is 24.4 Å². The van der Waals surface area contributed by atoms with E-state index in [1.54, 1.807) is 0 Å². The molecule has 0 aromatic carbocycles. The minimum Gasteiger partial charge on any atom is -0.335 e. The number of carbonyl (C=O) groups is 1. The van der Waals surface area contributed by atoms with Gasteiger partial charge in [-0.1, -0.05) is 0 Å². The first kappa shape index (κ1) is 6.29. The molecule has 46 valence electrons. The fourth-order valence-electron chi connectivity index (χ4n) is 0.528. The molecule has 0 aromatic rings. The van der Waals surface area contributed by atoms with E-state index in [1.807, 2.05) is 6.92 Å². The Bertz CT molecular complexity index is 117. The highest BCUT2D eigenvalue weighted by atomic mass is 32.2. The van der Waals surface area contributed by atoms with E-state index < -0.39 is 0 Å². The second-order valence-corrected chi connectivity index (χ2v) is 3.96. The van der Waals surface area contributed by atoms with E-state index in [1.165, 1.54) is 11.8 Å². The quantitative estimate of drug-likeness (QED) is 0.490. The van der Waals surface area contributed by atoms with Crippen LogP contribution in [0.1, 0.15) is 6.92 Å². The molecule has 1 saturated heterocycles. The largest absolute Gasteiger partial charge is 0.335 e. The topological polar surface area (TPSA) is 29.1 Å². The van der Waals surface area contributed by atoms with Crippen molar-refractivity contribution in [3.63, 3.8) is 0 Å². The molecule has 1 rings (SSSR count). The Morgan fingerprint density at radius 2 is 2.50 bits per heavy atom. The third-order valence-electron chi connectivity index (χ3n) is 0.968. The summed E-state index contributed by atoms with van der Waals surface area (Å²) >= 11 is 5.57. The van der Waals surface area contributed by atoms with Crippen molar-refractivity contribution < 1.29 is 4.79 Å². The molecule has 2 unspecified atom stereocenters. The molecule has 8 heavy (non-hydrogen) atoms. The predicted octanol–water partition coefficient (Wildman–Crippen LogP) is 0.451. The van der Waals surface area contributed by atoms with Gasteiger partial charge >= 0.3 is 0 Å². The lowest BCUT2D eigenvalue weighted by Crippen LogP contribution is -2.23. The SMILES string of the molecule is CC1SC(S)NC1=O. The summed E-state index contributed by atoms with van der Waals surface area (Å²) in [6, 6.07) is 0. The summed E-state index contributed by atoms with van der Waals surface area (Å²) in [5.74, 6) is 0.0926. The summed E-state index contributed by atoms with van der Waals surface area (Å²) in [6.45, 7) is 1.87. The van der Waals surface area contributed by atoms with Crippen LogP contribution < -0.4 is 5.32 Å². The maximum Gasteiger partial charge on any atom is 0.234 e. The minimum absolute atomic E-state index is 0.0116. The fraction of sp³-hybridized carbons (Fsp3) is 0.750. The zero-order chi connectivity index (χ0) is 6.15. The second kappa shape index (κ2) is 2.19. The van der Waals surface area contributed by atoms with Gasteiger partial charge in [-0.05, 0) is 6.92 Å². The molecule has 0 spiro atoms. The normalized spacial score (nSPS) is 37.5. The molecular weight excluding hydrogens is 142 g/mol. The van der Waals surface area contributed by atoms with E-state index in [-0.39, 0.29) is 15.9 Å². The van der Waals surface area contributed by atoms with Gasteiger partial charge < -0.3 is 5.32 Å². The van der Waals surface area contributed by atoms with Gasteiger partial charge in [-0.2, -0.15) is 0 Å². The van der Waals surface area contributed by atoms with Crippen molar-refractivity contribution in [1.29, 1.82) is 0 Å². The molecule has 0 aliphatic carbocycles. The molecule has 1 fully saturated rings. The van der Waals surface area contributed by atoms with E-state index >= 15 is 0 Å². The predicted molar refractivity (Wildman–Crippen MR) is 38.0 cm³/mol. The van der Waals surface area contributed by atoms with Crippen molar-refractivity contribution in [2.75, 3.05) is 0 Å². The highest BCUT2D eigenvalue weighted by molar-refractivity contribution is 8.11. The molecule has 2 nitrogen and oxygen atoms in total. The number of thioether (sulfide) groups is 1. The highest BCUT2D eigenvalue weighted by Crippen LogP contribution is 2.24. The molecule has 1 N–H and O–H groups in total. The number of amides is 1. The number of rotatable bonds is 0. The van der Waals surface area contributed by atoms with Gasteiger partial charge in [0.25, 0.3) is 0 Å². The van der Waals surface area contributed by atoms with Crippen molar-refractivity contribution >= 4 is 30.3 Å². The summed E-state index contributed by atoms with van der Waals surface area (Å²) in [6.07, 6.45) is 0. The monoisotopic (exact) mass is 149 g/mol. The number of hydrogen-bond acceptors (Lipinski definition) is 3. The summed E-state index contributed by atoms with van der Waals surface area (Å²) < 4.78 is 0.0116. The number of carbonyl (C=O) groups excluding carboxylic acids is 1. The smallest absolute Gasteiger partial charge is 0.234 e. The first-order valence-corrected chi connectivity index (χ1v) is 3.80. The lowest BCUT2D eigenvalue weighted by atomic mass is 10.5. The maximum atomic E-state index is 10.6. The van der Waals surface area contributed by atoms with E-state index in [0.29, 0.717) is 0 Å². The van der Waals surface area contributed by atoms with Crippen LogP contribution in [0, 0.1) is 0 Å². The van der Waals surface area contributed by atoms with Crippen LogP contribution in [0.25, 0.3) is 0 Å². The van der Waals surface area contributed by atoms with Gasteiger partial charge in [0.05, 0.1) is 5.25 Å². The van der Waals surface area contributed by atoms with Crippen LogP contribution in [0.5, 0.6) is 0 Å². The summed E-state index contributed by atoms with van der Waals surface area (Å²) in [5, 5.41) is 2.74. The summed E-state index contributed by atoms with van der Waals surface area (Å²) in [7, 11) is 0. The van der Waals surface area contributed by atoms with Gasteiger partial charge in [-0.15, -0.1) is 24.4 Å². The maximum absolute atomic E-state index is 10.6. The molecule has 2 atom stereocenters. The molecule has 0 bridgehead atoms. The Balaban J connectivity index is 2.51. The first-order valence-electron chi connectivity index (χ1n) is 2.34. The molecule has 0 saturated carbocycles. The van der Waals surface area contributed by atoms with Crippen LogP contribution in [0.3, 0.4) is 0 Å². The van der Waals surface area contributed by atoms with Crippen LogP contribution in [-0.4, -0.2) is 15.9 Å². The molecule has 1 aliphatic rings. The van der Waals surface area contributed by atoms with Crippen LogP contribution in [0.15, 0.2) is 0 Å². The molecule has 0 aromatic heterocycles. The first-order chi connectivity index (χ1) is 3.70. The number of thiol groups is 1. The molecule has 1 amide bonds. The van der Waals surface area contributed by atoms with Crippen molar-refractivity contribution in [2.24, 2.45) is 0 Å². The zero-order valence-electron chi connectivity index (χ0n) is 4.42. The average Bonchev–Trinajstić information content (AvgIpc) is 1.85.